The van der Waals surface area contributed by atoms with Gasteiger partial charge >= 0.3 is 6.36 Å². The second kappa shape index (κ2) is 7.62. The van der Waals surface area contributed by atoms with Crippen LogP contribution >= 0.6 is 11.8 Å². The Kier molecular flexibility index (Phi) is 5.82. The van der Waals surface area contributed by atoms with Crippen molar-refractivity contribution in [1.82, 2.24) is 4.90 Å². The van der Waals surface area contributed by atoms with Crippen LogP contribution in [0.25, 0.3) is 0 Å². The molecular weight excluding hydrogens is 315 g/mol. The molecule has 122 valence electrons. The summed E-state index contributed by atoms with van der Waals surface area (Å²) in [7, 11) is 0. The van der Waals surface area contributed by atoms with Crippen LogP contribution in [0, 0.1) is 0 Å². The van der Waals surface area contributed by atoms with E-state index in [1.165, 1.54) is 12.1 Å². The highest BCUT2D eigenvalue weighted by atomic mass is 32.2. The van der Waals surface area contributed by atoms with Crippen LogP contribution in [0.2, 0.25) is 0 Å². The van der Waals surface area contributed by atoms with Gasteiger partial charge in [-0.25, -0.2) is 0 Å². The topological polar surface area (TPSA) is 50.9 Å². The van der Waals surface area contributed by atoms with E-state index in [0.29, 0.717) is 24.5 Å². The summed E-state index contributed by atoms with van der Waals surface area (Å²) in [5.41, 5.74) is 6.37. The molecule has 8 heteroatoms. The molecule has 0 radical (unpaired) electrons. The Morgan fingerprint density at radius 3 is 2.64 bits per heavy atom. The molecule has 0 saturated carbocycles. The van der Waals surface area contributed by atoms with Gasteiger partial charge in [0.05, 0.1) is 0 Å². The zero-order chi connectivity index (χ0) is 16.0. The van der Waals surface area contributed by atoms with Gasteiger partial charge in [-0.1, -0.05) is 18.2 Å². The Balaban J connectivity index is 1.93. The van der Waals surface area contributed by atoms with Crippen LogP contribution in [-0.4, -0.2) is 48.4 Å². The Labute approximate surface area is 131 Å². The largest absolute Gasteiger partial charge is 0.573 e. The number of nitrogens with two attached hydrogens (primary N) is 1. The maximum absolute atomic E-state index is 12.3. The number of para-hydroxylation sites is 1. The van der Waals surface area contributed by atoms with E-state index in [0.717, 1.165) is 24.6 Å². The Morgan fingerprint density at radius 1 is 1.27 bits per heavy atom. The van der Waals surface area contributed by atoms with Gasteiger partial charge in [-0.2, -0.15) is 11.8 Å². The minimum Gasteiger partial charge on any atom is -0.406 e. The smallest absolute Gasteiger partial charge is 0.406 e. The highest BCUT2D eigenvalue weighted by molar-refractivity contribution is 7.99. The number of ether oxygens (including phenoxy) is 1. The fourth-order valence-electron chi connectivity index (χ4n) is 2.12. The summed E-state index contributed by atoms with van der Waals surface area (Å²) in [5.74, 6) is 2.30. The summed E-state index contributed by atoms with van der Waals surface area (Å²) in [6.45, 7) is 2.04. The molecule has 4 nitrogen and oxygen atoms in total. The number of thioether (sulfide) groups is 1. The average molecular weight is 333 g/mol. The maximum Gasteiger partial charge on any atom is 0.573 e. The highest BCUT2D eigenvalue weighted by Gasteiger charge is 2.31. The van der Waals surface area contributed by atoms with Gasteiger partial charge in [0.1, 0.15) is 5.75 Å². The molecule has 0 unspecified atom stereocenters. The van der Waals surface area contributed by atoms with E-state index >= 15 is 0 Å². The van der Waals surface area contributed by atoms with E-state index in [1.54, 1.807) is 12.1 Å². The molecule has 0 aliphatic carbocycles. The van der Waals surface area contributed by atoms with Gasteiger partial charge in [-0.05, 0) is 18.1 Å². The molecule has 0 bridgehead atoms. The van der Waals surface area contributed by atoms with Gasteiger partial charge < -0.3 is 15.4 Å². The molecule has 1 aliphatic rings. The van der Waals surface area contributed by atoms with Crippen LogP contribution in [0.15, 0.2) is 29.3 Å². The first-order valence-corrected chi connectivity index (χ1v) is 8.07. The minimum absolute atomic E-state index is 0.182. The number of aliphatic imine (C=N–C) groups is 1. The van der Waals surface area contributed by atoms with Crippen molar-refractivity contribution in [2.45, 2.75) is 12.8 Å². The first kappa shape index (κ1) is 16.8. The van der Waals surface area contributed by atoms with Gasteiger partial charge in [-0.3, -0.25) is 4.99 Å². The number of hydrogen-bond acceptors (Lipinski definition) is 3. The van der Waals surface area contributed by atoms with Crippen molar-refractivity contribution < 1.29 is 17.9 Å². The van der Waals surface area contributed by atoms with Crippen molar-refractivity contribution in [2.75, 3.05) is 31.1 Å². The SMILES string of the molecule is NC(=NCCc1ccccc1OC(F)(F)F)N1CCSCC1. The van der Waals surface area contributed by atoms with Crippen molar-refractivity contribution in [3.05, 3.63) is 29.8 Å². The maximum atomic E-state index is 12.3. The first-order chi connectivity index (χ1) is 10.5. The van der Waals surface area contributed by atoms with Gasteiger partial charge in [0, 0.05) is 31.1 Å². The zero-order valence-electron chi connectivity index (χ0n) is 12.0. The van der Waals surface area contributed by atoms with Crippen molar-refractivity contribution in [1.29, 1.82) is 0 Å². The van der Waals surface area contributed by atoms with E-state index < -0.39 is 6.36 Å². The molecule has 0 aromatic heterocycles. The molecule has 0 amide bonds. The van der Waals surface area contributed by atoms with Crippen molar-refractivity contribution in [3.63, 3.8) is 0 Å². The molecule has 0 spiro atoms. The summed E-state index contributed by atoms with van der Waals surface area (Å²) in [5, 5.41) is 0. The average Bonchev–Trinajstić information content (AvgIpc) is 2.48. The number of alkyl halides is 3. The summed E-state index contributed by atoms with van der Waals surface area (Å²) >= 11 is 1.87. The lowest BCUT2D eigenvalue weighted by Crippen LogP contribution is -2.42. The Bertz CT molecular complexity index is 516. The molecule has 1 aliphatic heterocycles. The molecule has 1 fully saturated rings. The molecule has 2 N–H and O–H groups in total. The minimum atomic E-state index is -4.69. The number of rotatable bonds is 4. The lowest BCUT2D eigenvalue weighted by atomic mass is 10.1. The lowest BCUT2D eigenvalue weighted by Gasteiger charge is -2.27. The third kappa shape index (κ3) is 5.32. The monoisotopic (exact) mass is 333 g/mol. The molecule has 1 aromatic rings. The predicted octanol–water partition coefficient (Wildman–Crippen LogP) is 2.49. The normalized spacial score (nSPS) is 16.7. The zero-order valence-corrected chi connectivity index (χ0v) is 12.8. The van der Waals surface area contributed by atoms with Gasteiger partial charge in [0.15, 0.2) is 5.96 Å². The van der Waals surface area contributed by atoms with E-state index in [9.17, 15) is 13.2 Å². The summed E-state index contributed by atoms with van der Waals surface area (Å²) < 4.78 is 41.0. The number of guanidine groups is 1. The summed E-state index contributed by atoms with van der Waals surface area (Å²) in [4.78, 5) is 6.25. The molecule has 22 heavy (non-hydrogen) atoms. The number of hydrogen-bond donors (Lipinski definition) is 1. The van der Waals surface area contributed by atoms with Crippen LogP contribution in [-0.2, 0) is 6.42 Å². The van der Waals surface area contributed by atoms with Crippen LogP contribution in [0.1, 0.15) is 5.56 Å². The lowest BCUT2D eigenvalue weighted by molar-refractivity contribution is -0.274. The molecular formula is C14H18F3N3OS. The molecule has 1 aromatic carbocycles. The van der Waals surface area contributed by atoms with Gasteiger partial charge in [0.25, 0.3) is 0 Å². The van der Waals surface area contributed by atoms with Crippen molar-refractivity contribution in [2.24, 2.45) is 10.7 Å². The van der Waals surface area contributed by atoms with Crippen molar-refractivity contribution >= 4 is 17.7 Å². The van der Waals surface area contributed by atoms with Crippen LogP contribution in [0.3, 0.4) is 0 Å². The number of nitrogens with zero attached hydrogens (tertiary/aromatic N) is 2. The van der Waals surface area contributed by atoms with E-state index in [-0.39, 0.29) is 5.75 Å². The predicted molar refractivity (Wildman–Crippen MR) is 82.2 cm³/mol. The molecule has 1 heterocycles. The summed E-state index contributed by atoms with van der Waals surface area (Å²) in [6.07, 6.45) is -4.35. The third-order valence-corrected chi connectivity index (χ3v) is 4.13. The van der Waals surface area contributed by atoms with Crippen LogP contribution in [0.5, 0.6) is 5.75 Å². The van der Waals surface area contributed by atoms with Gasteiger partial charge in [0.2, 0.25) is 0 Å². The van der Waals surface area contributed by atoms with E-state index in [2.05, 4.69) is 9.73 Å². The van der Waals surface area contributed by atoms with E-state index in [4.69, 9.17) is 5.73 Å². The first-order valence-electron chi connectivity index (χ1n) is 6.92. The summed E-state index contributed by atoms with van der Waals surface area (Å²) in [6, 6.07) is 6.09. The van der Waals surface area contributed by atoms with Gasteiger partial charge in [-0.15, -0.1) is 13.2 Å². The number of halogens is 3. The second-order valence-corrected chi connectivity index (χ2v) is 5.97. The highest BCUT2D eigenvalue weighted by Crippen LogP contribution is 2.26. The Morgan fingerprint density at radius 2 is 1.95 bits per heavy atom. The van der Waals surface area contributed by atoms with Crippen LogP contribution in [0.4, 0.5) is 13.2 Å². The Hall–Kier alpha value is -1.57. The quantitative estimate of drug-likeness (QED) is 0.679. The van der Waals surface area contributed by atoms with Crippen LogP contribution < -0.4 is 10.5 Å². The van der Waals surface area contributed by atoms with E-state index in [1.807, 2.05) is 16.7 Å². The second-order valence-electron chi connectivity index (χ2n) is 4.74. The standard InChI is InChI=1S/C14H18F3N3OS/c15-14(16,17)21-12-4-2-1-3-11(12)5-6-19-13(18)20-7-9-22-10-8-20/h1-4H,5-10H2,(H2,18,19). The number of benzene rings is 1. The third-order valence-electron chi connectivity index (χ3n) is 3.19. The van der Waals surface area contributed by atoms with Crippen molar-refractivity contribution in [3.8, 4) is 5.75 Å². The fourth-order valence-corrected chi connectivity index (χ4v) is 3.02. The molecule has 1 saturated heterocycles. The molecule has 0 atom stereocenters. The fraction of sp³-hybridized carbons (Fsp3) is 0.500. The molecule has 2 rings (SSSR count).